The molecular weight excluding hydrogens is 756 g/mol. The van der Waals surface area contributed by atoms with Crippen LogP contribution < -0.4 is 31.4 Å². The molecule has 0 radical (unpaired) electrons. The monoisotopic (exact) mass is 789 g/mol. The van der Waals surface area contributed by atoms with Gasteiger partial charge in [-0.1, -0.05) is 133 Å². The van der Waals surface area contributed by atoms with E-state index < -0.39 is 22.0 Å². The van der Waals surface area contributed by atoms with Gasteiger partial charge in [-0.25, -0.2) is 0 Å². The molecule has 4 aromatic carbocycles. The molecule has 0 aliphatic rings. The summed E-state index contributed by atoms with van der Waals surface area (Å²) in [6, 6.07) is 51.3. The van der Waals surface area contributed by atoms with E-state index in [1.165, 1.54) is 0 Å². The quantitative estimate of drug-likeness (QED) is 0.233. The first-order valence-electron chi connectivity index (χ1n) is 14.5. The Kier molecular flexibility index (Phi) is 9.40. The van der Waals surface area contributed by atoms with Gasteiger partial charge in [0.05, 0.1) is 22.0 Å². The Bertz CT molecular complexity index is 1610. The van der Waals surface area contributed by atoms with Crippen molar-refractivity contribution in [3.05, 3.63) is 169 Å². The third-order valence-electron chi connectivity index (χ3n) is 8.29. The first kappa shape index (κ1) is 31.6. The molecule has 6 rings (SSSR count). The number of pyridine rings is 2. The third-order valence-corrected chi connectivity index (χ3v) is 15.0. The summed E-state index contributed by atoms with van der Waals surface area (Å²) in [5.41, 5.74) is 0.992. The fraction of sp³-hybridized carbons (Fsp3) is 0.0811. The van der Waals surface area contributed by atoms with Crippen molar-refractivity contribution < 1.29 is 30.7 Å². The molecule has 7 heteroatoms. The zero-order valence-corrected chi connectivity index (χ0v) is 28.9. The van der Waals surface area contributed by atoms with Gasteiger partial charge in [-0.3, -0.25) is 9.97 Å². The Labute approximate surface area is 275 Å². The van der Waals surface area contributed by atoms with Crippen LogP contribution in [-0.4, -0.2) is 36.2 Å². The first-order valence-corrected chi connectivity index (χ1v) is 18.4. The van der Waals surface area contributed by atoms with Gasteiger partial charge in [0.15, 0.2) is 0 Å². The Morgan fingerprint density at radius 3 is 0.955 bits per heavy atom. The number of hydrogen-bond acceptors (Lipinski definition) is 4. The maximum absolute atomic E-state index is 12.5. The van der Waals surface area contributed by atoms with E-state index in [-0.39, 0.29) is 21.1 Å². The smallest absolute Gasteiger partial charge is 0.304 e. The fourth-order valence-electron chi connectivity index (χ4n) is 5.74. The van der Waals surface area contributed by atoms with E-state index >= 15 is 0 Å². The third kappa shape index (κ3) is 5.72. The molecule has 44 heavy (non-hydrogen) atoms. The Balaban J connectivity index is 0.00000384. The van der Waals surface area contributed by atoms with Crippen molar-refractivity contribution in [3.8, 4) is 0 Å². The van der Waals surface area contributed by atoms with E-state index in [0.717, 1.165) is 32.1 Å². The van der Waals surface area contributed by atoms with Crippen LogP contribution in [0.2, 0.25) is 0 Å². The zero-order chi connectivity index (χ0) is 29.9. The molecule has 0 aliphatic heterocycles. The van der Waals surface area contributed by atoms with Crippen molar-refractivity contribution in [3.63, 3.8) is 0 Å². The predicted molar refractivity (Wildman–Crippen MR) is 180 cm³/mol. The minimum atomic E-state index is -3.38. The van der Waals surface area contributed by atoms with E-state index in [0.29, 0.717) is 10.6 Å². The molecule has 0 amide bonds. The van der Waals surface area contributed by atoms with Gasteiger partial charge in [0.2, 0.25) is 0 Å². The van der Waals surface area contributed by atoms with Gasteiger partial charge in [0.1, 0.15) is 0 Å². The van der Waals surface area contributed by atoms with Crippen LogP contribution in [0.5, 0.6) is 0 Å². The maximum atomic E-state index is 12.5. The Morgan fingerprint density at radius 1 is 0.409 bits per heavy atom. The molecule has 2 aromatic heterocycles. The predicted octanol–water partition coefficient (Wildman–Crippen LogP) is 2.72. The van der Waals surface area contributed by atoms with Gasteiger partial charge < -0.3 is 9.59 Å². The van der Waals surface area contributed by atoms with Crippen LogP contribution in [0.1, 0.15) is 25.2 Å². The standard InChI is InChI=1S/C37H34N2O2Si2.Pt/c1-37(2,33-25-15-27-35(38-33)42(40,29-17-7-3-8-18-29)30-19-9-4-10-20-30)34-26-16-28-36(39-34)43(41,31-21-11-5-12-22-31)32-23-13-6-14-24-32;/h3-28,40-41H,1-2H3;. The summed E-state index contributed by atoms with van der Waals surface area (Å²) in [5.74, 6) is 0. The molecule has 0 aliphatic carbocycles. The molecular formula is C37H34N2O2PtSi2. The van der Waals surface area contributed by atoms with Crippen LogP contribution >= 0.6 is 0 Å². The van der Waals surface area contributed by atoms with Crippen LogP contribution in [0, 0.1) is 0 Å². The van der Waals surface area contributed by atoms with Crippen LogP contribution in [0.25, 0.3) is 0 Å². The summed E-state index contributed by atoms with van der Waals surface area (Å²) in [4.78, 5) is 35.4. The summed E-state index contributed by atoms with van der Waals surface area (Å²) >= 11 is 0. The molecule has 2 heterocycles. The summed E-state index contributed by atoms with van der Waals surface area (Å²) in [6.07, 6.45) is 0. The number of benzene rings is 4. The van der Waals surface area contributed by atoms with Gasteiger partial charge in [0, 0.05) is 26.5 Å². The molecule has 222 valence electrons. The molecule has 0 unspecified atom stereocenters. The molecule has 0 bridgehead atoms. The molecule has 0 saturated heterocycles. The Hall–Kier alpha value is -3.78. The number of nitrogens with zero attached hydrogens (tertiary/aromatic N) is 2. The van der Waals surface area contributed by atoms with Crippen molar-refractivity contribution in [2.45, 2.75) is 19.3 Å². The van der Waals surface area contributed by atoms with Crippen molar-refractivity contribution in [2.24, 2.45) is 0 Å². The van der Waals surface area contributed by atoms with Crippen LogP contribution in [-0.2, 0) is 26.5 Å². The van der Waals surface area contributed by atoms with Gasteiger partial charge in [-0.2, -0.15) is 0 Å². The van der Waals surface area contributed by atoms with Gasteiger partial charge in [0.25, 0.3) is 0 Å². The minimum Gasteiger partial charge on any atom is -0.420 e. The van der Waals surface area contributed by atoms with E-state index in [2.05, 4.69) is 13.8 Å². The van der Waals surface area contributed by atoms with E-state index in [1.54, 1.807) is 0 Å². The zero-order valence-electron chi connectivity index (χ0n) is 24.6. The molecule has 2 N–H and O–H groups in total. The molecule has 0 atom stereocenters. The van der Waals surface area contributed by atoms with Crippen molar-refractivity contribution in [2.75, 3.05) is 0 Å². The summed E-state index contributed by atoms with van der Waals surface area (Å²) < 4.78 is 0. The van der Waals surface area contributed by atoms with Crippen LogP contribution in [0.4, 0.5) is 0 Å². The van der Waals surface area contributed by atoms with E-state index in [9.17, 15) is 9.59 Å². The van der Waals surface area contributed by atoms with Gasteiger partial charge >= 0.3 is 16.6 Å². The summed E-state index contributed by atoms with van der Waals surface area (Å²) in [6.45, 7) is 4.20. The second-order valence-electron chi connectivity index (χ2n) is 11.3. The fourth-order valence-corrected chi connectivity index (χ4v) is 11.5. The molecule has 0 saturated carbocycles. The number of hydrogen-bond donors (Lipinski definition) is 2. The molecule has 0 spiro atoms. The average Bonchev–Trinajstić information content (AvgIpc) is 3.09. The van der Waals surface area contributed by atoms with Crippen LogP contribution in [0.3, 0.4) is 0 Å². The topological polar surface area (TPSA) is 66.2 Å². The van der Waals surface area contributed by atoms with Crippen LogP contribution in [0.15, 0.2) is 158 Å². The number of rotatable bonds is 8. The first-order chi connectivity index (χ1) is 20.8. The van der Waals surface area contributed by atoms with Crippen molar-refractivity contribution >= 4 is 48.0 Å². The van der Waals surface area contributed by atoms with E-state index in [4.69, 9.17) is 9.97 Å². The van der Waals surface area contributed by atoms with Gasteiger partial charge in [-0.05, 0) is 58.9 Å². The normalized spacial score (nSPS) is 11.9. The van der Waals surface area contributed by atoms with Crippen molar-refractivity contribution in [1.29, 1.82) is 0 Å². The van der Waals surface area contributed by atoms with Gasteiger partial charge in [-0.15, -0.1) is 0 Å². The second-order valence-corrected chi connectivity index (χ2v) is 17.5. The summed E-state index contributed by atoms with van der Waals surface area (Å²) in [7, 11) is -6.77. The molecule has 0 fully saturated rings. The summed E-state index contributed by atoms with van der Waals surface area (Å²) in [5, 5.41) is 4.87. The molecule has 4 nitrogen and oxygen atoms in total. The minimum absolute atomic E-state index is 0. The number of aromatic nitrogens is 2. The maximum Gasteiger partial charge on any atom is 0.304 e. The van der Waals surface area contributed by atoms with Crippen molar-refractivity contribution in [1.82, 2.24) is 9.97 Å². The average molecular weight is 790 g/mol. The van der Waals surface area contributed by atoms with E-state index in [1.807, 2.05) is 158 Å². The largest absolute Gasteiger partial charge is 0.420 e. The molecule has 6 aromatic rings. The SMILES string of the molecule is CC(C)(c1cccc([Si](O)(c2ccccc2)c2ccccc2)n1)c1cccc([Si](O)(c2ccccc2)c2ccccc2)n1.[Pt]. The Morgan fingerprint density at radius 2 is 0.682 bits per heavy atom. The second kappa shape index (κ2) is 13.1.